The molecule has 0 amide bonds. The van der Waals surface area contributed by atoms with E-state index >= 15 is 0 Å². The van der Waals surface area contributed by atoms with Gasteiger partial charge in [0.15, 0.2) is 29.3 Å². The van der Waals surface area contributed by atoms with Gasteiger partial charge in [-0.15, -0.1) is 0 Å². The molecule has 0 bridgehead atoms. The summed E-state index contributed by atoms with van der Waals surface area (Å²) >= 11 is 0. The molecule has 2 aromatic carbocycles. The molecule has 0 saturated heterocycles. The molecule has 0 radical (unpaired) electrons. The normalized spacial score (nSPS) is 26.8. The van der Waals surface area contributed by atoms with E-state index in [0.717, 1.165) is 52.7 Å². The number of benzene rings is 2. The lowest BCUT2D eigenvalue weighted by Gasteiger charge is -2.38. The van der Waals surface area contributed by atoms with Crippen molar-refractivity contribution in [1.82, 2.24) is 5.32 Å². The van der Waals surface area contributed by atoms with Gasteiger partial charge in [0.25, 0.3) is 0 Å². The summed E-state index contributed by atoms with van der Waals surface area (Å²) in [5.74, 6) is 3.02. The van der Waals surface area contributed by atoms with Crippen LogP contribution in [0.5, 0.6) is 23.0 Å². The third kappa shape index (κ3) is 2.19. The van der Waals surface area contributed by atoms with Crippen LogP contribution in [0.15, 0.2) is 24.3 Å². The first kappa shape index (κ1) is 15.6. The van der Waals surface area contributed by atoms with Crippen molar-refractivity contribution in [3.63, 3.8) is 0 Å². The zero-order valence-electron chi connectivity index (χ0n) is 14.8. The largest absolute Gasteiger partial charge is 0.454 e. The first-order valence-electron chi connectivity index (χ1n) is 9.10. The summed E-state index contributed by atoms with van der Waals surface area (Å²) in [4.78, 5) is 0. The molecule has 0 spiro atoms. The van der Waals surface area contributed by atoms with E-state index < -0.39 is 6.29 Å². The van der Waals surface area contributed by atoms with Crippen molar-refractivity contribution in [3.05, 3.63) is 46.5 Å². The van der Waals surface area contributed by atoms with Crippen LogP contribution >= 0.6 is 0 Å². The summed E-state index contributed by atoms with van der Waals surface area (Å²) < 4.78 is 34.6. The van der Waals surface area contributed by atoms with Crippen molar-refractivity contribution in [2.45, 2.75) is 24.9 Å². The highest BCUT2D eigenvalue weighted by molar-refractivity contribution is 5.56. The SMILES string of the molecule is COC1OC2c3cc4c(cc3CCNC2c2ccc3c(c21)OCO3)OCO4. The Morgan fingerprint density at radius 3 is 2.67 bits per heavy atom. The number of fused-ring (bicyclic) bond motifs is 8. The third-order valence-corrected chi connectivity index (χ3v) is 5.67. The predicted molar refractivity (Wildman–Crippen MR) is 93.2 cm³/mol. The molecule has 7 heteroatoms. The van der Waals surface area contributed by atoms with E-state index in [1.165, 1.54) is 5.56 Å². The molecule has 6 rings (SSSR count). The lowest BCUT2D eigenvalue weighted by atomic mass is 9.87. The molecule has 0 aromatic heterocycles. The number of hydrogen-bond donors (Lipinski definition) is 1. The molecular formula is C20H19NO6. The average molecular weight is 369 g/mol. The smallest absolute Gasteiger partial charge is 0.231 e. The van der Waals surface area contributed by atoms with Crippen LogP contribution in [0.2, 0.25) is 0 Å². The first-order valence-corrected chi connectivity index (χ1v) is 9.10. The summed E-state index contributed by atoms with van der Waals surface area (Å²) in [5, 5.41) is 3.64. The zero-order valence-corrected chi connectivity index (χ0v) is 14.8. The standard InChI is InChI=1S/C20H19NO6/c1-22-20-16-11(2-3-13-19(16)26-9-23-13)17-18(27-20)12-7-15-14(24-8-25-15)6-10(12)4-5-21-17/h2-3,6-7,17-18,20-21H,4-5,8-9H2,1H3. The minimum Gasteiger partial charge on any atom is -0.454 e. The molecule has 0 saturated carbocycles. The van der Waals surface area contributed by atoms with Crippen molar-refractivity contribution in [1.29, 1.82) is 0 Å². The Bertz CT molecular complexity index is 929. The highest BCUT2D eigenvalue weighted by Crippen LogP contribution is 2.53. The number of hydrogen-bond acceptors (Lipinski definition) is 7. The molecule has 0 aliphatic carbocycles. The molecule has 4 aliphatic rings. The molecular weight excluding hydrogens is 350 g/mol. The fourth-order valence-corrected chi connectivity index (χ4v) is 4.45. The molecule has 1 N–H and O–H groups in total. The van der Waals surface area contributed by atoms with Crippen LogP contribution in [0, 0.1) is 0 Å². The van der Waals surface area contributed by atoms with Crippen molar-refractivity contribution >= 4 is 0 Å². The van der Waals surface area contributed by atoms with Crippen LogP contribution in [-0.2, 0) is 15.9 Å². The Kier molecular flexibility index (Phi) is 3.32. The fourth-order valence-electron chi connectivity index (χ4n) is 4.45. The second-order valence-electron chi connectivity index (χ2n) is 7.01. The van der Waals surface area contributed by atoms with Crippen LogP contribution in [-0.4, -0.2) is 27.2 Å². The van der Waals surface area contributed by atoms with Gasteiger partial charge in [0.1, 0.15) is 6.10 Å². The minimum atomic E-state index is -0.531. The van der Waals surface area contributed by atoms with E-state index in [1.54, 1.807) is 7.11 Å². The fraction of sp³-hybridized carbons (Fsp3) is 0.400. The number of ether oxygens (including phenoxy) is 6. The Balaban J connectivity index is 1.51. The maximum absolute atomic E-state index is 6.44. The molecule has 3 atom stereocenters. The van der Waals surface area contributed by atoms with Crippen molar-refractivity contribution in [2.75, 3.05) is 27.2 Å². The zero-order chi connectivity index (χ0) is 18.0. The molecule has 3 unspecified atom stereocenters. The van der Waals surface area contributed by atoms with E-state index in [4.69, 9.17) is 28.4 Å². The summed E-state index contributed by atoms with van der Waals surface area (Å²) in [7, 11) is 1.65. The highest BCUT2D eigenvalue weighted by atomic mass is 16.7. The molecule has 140 valence electrons. The molecule has 0 fully saturated rings. The van der Waals surface area contributed by atoms with E-state index in [2.05, 4.69) is 17.4 Å². The first-order chi connectivity index (χ1) is 13.3. The topological polar surface area (TPSA) is 67.4 Å². The van der Waals surface area contributed by atoms with Gasteiger partial charge in [0, 0.05) is 7.11 Å². The summed E-state index contributed by atoms with van der Waals surface area (Å²) in [6.07, 6.45) is 0.158. The number of nitrogens with one attached hydrogen (secondary N) is 1. The van der Waals surface area contributed by atoms with Gasteiger partial charge in [-0.3, -0.25) is 0 Å². The van der Waals surface area contributed by atoms with E-state index in [-0.39, 0.29) is 25.7 Å². The van der Waals surface area contributed by atoms with Crippen LogP contribution in [0.25, 0.3) is 0 Å². The van der Waals surface area contributed by atoms with Crippen LogP contribution < -0.4 is 24.3 Å². The lowest BCUT2D eigenvalue weighted by molar-refractivity contribution is -0.181. The highest BCUT2D eigenvalue weighted by Gasteiger charge is 2.42. The summed E-state index contributed by atoms with van der Waals surface area (Å²) in [6, 6.07) is 8.15. The summed E-state index contributed by atoms with van der Waals surface area (Å²) in [6.45, 7) is 1.32. The van der Waals surface area contributed by atoms with E-state index in [1.807, 2.05) is 12.1 Å². The molecule has 7 nitrogen and oxygen atoms in total. The van der Waals surface area contributed by atoms with Crippen molar-refractivity contribution in [2.24, 2.45) is 0 Å². The van der Waals surface area contributed by atoms with Crippen molar-refractivity contribution in [3.8, 4) is 23.0 Å². The number of methoxy groups -OCH3 is 1. The predicted octanol–water partition coefficient (Wildman–Crippen LogP) is 2.75. The van der Waals surface area contributed by atoms with Gasteiger partial charge in [-0.1, -0.05) is 6.07 Å². The Morgan fingerprint density at radius 1 is 0.963 bits per heavy atom. The van der Waals surface area contributed by atoms with E-state index in [0.29, 0.717) is 0 Å². The van der Waals surface area contributed by atoms with Crippen LogP contribution in [0.1, 0.15) is 40.7 Å². The minimum absolute atomic E-state index is 0.0116. The van der Waals surface area contributed by atoms with Crippen LogP contribution in [0.3, 0.4) is 0 Å². The van der Waals surface area contributed by atoms with Gasteiger partial charge >= 0.3 is 0 Å². The maximum atomic E-state index is 6.44. The van der Waals surface area contributed by atoms with Gasteiger partial charge in [-0.25, -0.2) is 0 Å². The lowest BCUT2D eigenvalue weighted by Crippen LogP contribution is -2.34. The molecule has 4 heterocycles. The second kappa shape index (κ2) is 5.76. The monoisotopic (exact) mass is 369 g/mol. The van der Waals surface area contributed by atoms with Gasteiger partial charge in [0.2, 0.25) is 13.6 Å². The van der Waals surface area contributed by atoms with Crippen molar-refractivity contribution < 1.29 is 28.4 Å². The molecule has 4 aliphatic heterocycles. The maximum Gasteiger partial charge on any atom is 0.231 e. The quantitative estimate of drug-likeness (QED) is 0.829. The van der Waals surface area contributed by atoms with Gasteiger partial charge in [0.05, 0.1) is 11.6 Å². The Hall–Kier alpha value is -2.48. The van der Waals surface area contributed by atoms with Gasteiger partial charge in [-0.05, 0) is 47.9 Å². The number of rotatable bonds is 1. The molecule has 2 aromatic rings. The van der Waals surface area contributed by atoms with E-state index in [9.17, 15) is 0 Å². The second-order valence-corrected chi connectivity index (χ2v) is 7.01. The Morgan fingerprint density at radius 2 is 1.78 bits per heavy atom. The Labute approximate surface area is 156 Å². The summed E-state index contributed by atoms with van der Waals surface area (Å²) in [5.41, 5.74) is 4.34. The van der Waals surface area contributed by atoms with Gasteiger partial charge in [-0.2, -0.15) is 0 Å². The van der Waals surface area contributed by atoms with Gasteiger partial charge < -0.3 is 33.7 Å². The molecule has 27 heavy (non-hydrogen) atoms. The third-order valence-electron chi connectivity index (χ3n) is 5.67. The average Bonchev–Trinajstić information content (AvgIpc) is 3.31. The van der Waals surface area contributed by atoms with Crippen LogP contribution in [0.4, 0.5) is 0 Å².